The van der Waals surface area contributed by atoms with Gasteiger partial charge in [0, 0.05) is 24.9 Å². The molecule has 0 aromatic carbocycles. The van der Waals surface area contributed by atoms with E-state index in [9.17, 15) is 8.42 Å². The summed E-state index contributed by atoms with van der Waals surface area (Å²) in [6, 6.07) is 0.0990. The zero-order valence-electron chi connectivity index (χ0n) is 13.6. The number of hydrogen-bond donors (Lipinski definition) is 2. The molecule has 7 heteroatoms. The van der Waals surface area contributed by atoms with Gasteiger partial charge in [-0.05, 0) is 51.4 Å². The first-order valence-electron chi connectivity index (χ1n) is 7.96. The maximum atomic E-state index is 12.3. The normalized spacial score (nSPS) is 23.6. The lowest BCUT2D eigenvalue weighted by Gasteiger charge is -2.30. The molecular weight excluding hydrogens is 306 g/mol. The van der Waals surface area contributed by atoms with Gasteiger partial charge in [-0.15, -0.1) is 0 Å². The molecule has 0 spiro atoms. The van der Waals surface area contributed by atoms with E-state index in [2.05, 4.69) is 23.2 Å². The fraction of sp³-hybridized carbons (Fsp3) is 1.00. The Morgan fingerprint density at radius 1 is 1.29 bits per heavy atom. The molecule has 126 valence electrons. The van der Waals surface area contributed by atoms with Crippen molar-refractivity contribution in [3.05, 3.63) is 0 Å². The lowest BCUT2D eigenvalue weighted by Crippen LogP contribution is -2.46. The van der Waals surface area contributed by atoms with Crippen molar-refractivity contribution >= 4 is 22.0 Å². The third-order valence-corrected chi connectivity index (χ3v) is 6.67. The molecule has 0 amide bonds. The van der Waals surface area contributed by atoms with Crippen LogP contribution >= 0.6 is 11.8 Å². The quantitative estimate of drug-likeness (QED) is 0.597. The number of nitrogens with one attached hydrogen (secondary N) is 2. The summed E-state index contributed by atoms with van der Waals surface area (Å²) in [5.41, 5.74) is 0. The van der Waals surface area contributed by atoms with Crippen molar-refractivity contribution in [1.29, 1.82) is 0 Å². The Hall–Kier alpha value is 0.180. The number of hydrogen-bond acceptors (Lipinski definition) is 4. The Balaban J connectivity index is 2.34. The maximum Gasteiger partial charge on any atom is 0.279 e. The molecule has 0 aliphatic heterocycles. The molecule has 2 N–H and O–H groups in total. The van der Waals surface area contributed by atoms with Crippen LogP contribution in [0.5, 0.6) is 0 Å². The predicted molar refractivity (Wildman–Crippen MR) is 92.0 cm³/mol. The van der Waals surface area contributed by atoms with E-state index in [1.165, 1.54) is 10.7 Å². The molecule has 1 aliphatic carbocycles. The van der Waals surface area contributed by atoms with Gasteiger partial charge in [-0.3, -0.25) is 0 Å². The molecule has 1 rings (SSSR count). The number of nitrogens with zero attached hydrogens (tertiary/aromatic N) is 1. The van der Waals surface area contributed by atoms with Gasteiger partial charge in [-0.1, -0.05) is 13.3 Å². The highest BCUT2D eigenvalue weighted by Gasteiger charge is 2.27. The second-order valence-electron chi connectivity index (χ2n) is 5.77. The summed E-state index contributed by atoms with van der Waals surface area (Å²) in [5.74, 6) is 0. The van der Waals surface area contributed by atoms with Crippen LogP contribution in [-0.2, 0) is 10.2 Å². The van der Waals surface area contributed by atoms with Gasteiger partial charge >= 0.3 is 0 Å². The lowest BCUT2D eigenvalue weighted by molar-refractivity contribution is 0.394. The fourth-order valence-corrected chi connectivity index (χ4v) is 4.63. The van der Waals surface area contributed by atoms with E-state index < -0.39 is 10.2 Å². The molecule has 0 aromatic heterocycles. The zero-order valence-corrected chi connectivity index (χ0v) is 15.2. The Bertz CT molecular complexity index is 376. The minimum atomic E-state index is -3.34. The van der Waals surface area contributed by atoms with E-state index in [-0.39, 0.29) is 6.04 Å². The molecule has 2 unspecified atom stereocenters. The van der Waals surface area contributed by atoms with Crippen LogP contribution < -0.4 is 10.0 Å². The monoisotopic (exact) mass is 337 g/mol. The molecular formula is C14H31N3O2S2. The smallest absolute Gasteiger partial charge is 0.279 e. The Kier molecular flexibility index (Phi) is 9.20. The summed E-state index contributed by atoms with van der Waals surface area (Å²) in [7, 11) is -1.67. The van der Waals surface area contributed by atoms with Crippen LogP contribution in [0.2, 0.25) is 0 Å². The first kappa shape index (κ1) is 19.2. The Labute approximate surface area is 134 Å². The van der Waals surface area contributed by atoms with Crippen molar-refractivity contribution in [2.45, 2.75) is 56.7 Å². The fourth-order valence-electron chi connectivity index (χ4n) is 2.62. The Morgan fingerprint density at radius 3 is 2.71 bits per heavy atom. The second kappa shape index (κ2) is 10.0. The van der Waals surface area contributed by atoms with Crippen molar-refractivity contribution in [3.63, 3.8) is 0 Å². The molecule has 0 heterocycles. The van der Waals surface area contributed by atoms with Crippen molar-refractivity contribution in [1.82, 2.24) is 14.3 Å². The third kappa shape index (κ3) is 7.32. The topological polar surface area (TPSA) is 61.4 Å². The first-order chi connectivity index (χ1) is 9.99. The molecule has 0 saturated heterocycles. The number of thioether (sulfide) groups is 1. The highest BCUT2D eigenvalue weighted by molar-refractivity contribution is 7.99. The highest BCUT2D eigenvalue weighted by atomic mass is 32.2. The van der Waals surface area contributed by atoms with Crippen molar-refractivity contribution in [2.24, 2.45) is 0 Å². The van der Waals surface area contributed by atoms with Crippen LogP contribution in [0.1, 0.15) is 45.4 Å². The van der Waals surface area contributed by atoms with Gasteiger partial charge in [0.25, 0.3) is 10.2 Å². The molecule has 1 fully saturated rings. The standard InChI is InChI=1S/C14H31N3O2S2/c1-4-9-15-10-6-11-17(2)21(18,19)16-13-7-5-8-14(12-13)20-3/h13-16H,4-12H2,1-3H3. The molecule has 2 atom stereocenters. The van der Waals surface area contributed by atoms with Crippen LogP contribution in [0.4, 0.5) is 0 Å². The van der Waals surface area contributed by atoms with Crippen LogP contribution in [0.3, 0.4) is 0 Å². The van der Waals surface area contributed by atoms with Gasteiger partial charge in [-0.2, -0.15) is 29.2 Å². The molecule has 21 heavy (non-hydrogen) atoms. The molecule has 5 nitrogen and oxygen atoms in total. The SMILES string of the molecule is CCCNCCCN(C)S(=O)(=O)NC1CCCC(SC)C1. The van der Waals surface area contributed by atoms with Gasteiger partial charge in [0.05, 0.1) is 0 Å². The molecule has 0 bridgehead atoms. The molecule has 1 aliphatic rings. The Morgan fingerprint density at radius 2 is 2.05 bits per heavy atom. The first-order valence-corrected chi connectivity index (χ1v) is 10.7. The average molecular weight is 338 g/mol. The van der Waals surface area contributed by atoms with Crippen molar-refractivity contribution < 1.29 is 8.42 Å². The average Bonchev–Trinajstić information content (AvgIpc) is 2.46. The van der Waals surface area contributed by atoms with Crippen LogP contribution in [0, 0.1) is 0 Å². The molecule has 0 aromatic rings. The van der Waals surface area contributed by atoms with Crippen LogP contribution in [0.15, 0.2) is 0 Å². The zero-order chi connectivity index (χ0) is 15.7. The summed E-state index contributed by atoms with van der Waals surface area (Å²) in [4.78, 5) is 0. The number of rotatable bonds is 10. The molecule has 0 radical (unpaired) electrons. The van der Waals surface area contributed by atoms with Crippen LogP contribution in [-0.4, -0.2) is 57.0 Å². The summed E-state index contributed by atoms with van der Waals surface area (Å²) in [6.45, 7) is 4.54. The maximum absolute atomic E-state index is 12.3. The minimum absolute atomic E-state index is 0.0990. The van der Waals surface area contributed by atoms with Crippen molar-refractivity contribution in [2.75, 3.05) is 32.9 Å². The minimum Gasteiger partial charge on any atom is -0.317 e. The predicted octanol–water partition coefficient (Wildman–Crippen LogP) is 1.82. The summed E-state index contributed by atoms with van der Waals surface area (Å²) >= 11 is 1.85. The van der Waals surface area contributed by atoms with Gasteiger partial charge < -0.3 is 5.32 Å². The van der Waals surface area contributed by atoms with E-state index in [0.717, 1.165) is 45.2 Å². The largest absolute Gasteiger partial charge is 0.317 e. The van der Waals surface area contributed by atoms with Crippen molar-refractivity contribution in [3.8, 4) is 0 Å². The third-order valence-electron chi connectivity index (χ3n) is 3.94. The van der Waals surface area contributed by atoms with E-state index in [1.54, 1.807) is 7.05 Å². The summed E-state index contributed by atoms with van der Waals surface area (Å²) in [6.07, 6.45) is 8.29. The van der Waals surface area contributed by atoms with Gasteiger partial charge in [-0.25, -0.2) is 0 Å². The van der Waals surface area contributed by atoms with E-state index in [0.29, 0.717) is 11.8 Å². The molecule has 1 saturated carbocycles. The van der Waals surface area contributed by atoms with Gasteiger partial charge in [0.2, 0.25) is 0 Å². The van der Waals surface area contributed by atoms with E-state index in [4.69, 9.17) is 0 Å². The summed E-state index contributed by atoms with van der Waals surface area (Å²) < 4.78 is 28.9. The van der Waals surface area contributed by atoms with E-state index in [1.807, 2.05) is 11.8 Å². The van der Waals surface area contributed by atoms with Gasteiger partial charge in [0.15, 0.2) is 0 Å². The highest BCUT2D eigenvalue weighted by Crippen LogP contribution is 2.27. The van der Waals surface area contributed by atoms with E-state index >= 15 is 0 Å². The lowest BCUT2D eigenvalue weighted by atomic mass is 9.96. The van der Waals surface area contributed by atoms with Crippen LogP contribution in [0.25, 0.3) is 0 Å². The second-order valence-corrected chi connectivity index (χ2v) is 8.72. The van der Waals surface area contributed by atoms with Gasteiger partial charge in [0.1, 0.15) is 0 Å². The summed E-state index contributed by atoms with van der Waals surface area (Å²) in [5, 5.41) is 3.88.